The molecule has 0 aliphatic carbocycles. The monoisotopic (exact) mass is 332 g/mol. The summed E-state index contributed by atoms with van der Waals surface area (Å²) < 4.78 is 10.4. The Morgan fingerprint density at radius 2 is 1.68 bits per heavy atom. The molecule has 0 bridgehead atoms. The number of ether oxygens (including phenoxy) is 2. The second-order valence-corrected chi connectivity index (χ2v) is 5.08. The number of carbonyl (C=O) groups is 1. The van der Waals surface area contributed by atoms with Crippen LogP contribution in [0.5, 0.6) is 5.75 Å². The van der Waals surface area contributed by atoms with Crippen molar-refractivity contribution in [2.75, 3.05) is 13.7 Å². The zero-order chi connectivity index (χ0) is 17.6. The molecular weight excluding hydrogens is 316 g/mol. The van der Waals surface area contributed by atoms with E-state index in [1.165, 1.54) is 0 Å². The van der Waals surface area contributed by atoms with Crippen LogP contribution in [0.2, 0.25) is 0 Å². The fourth-order valence-electron chi connectivity index (χ4n) is 2.30. The largest absolute Gasteiger partial charge is 0.495 e. The van der Waals surface area contributed by atoms with Gasteiger partial charge >= 0.3 is 5.97 Å². The molecule has 2 aromatic carbocycles. The lowest BCUT2D eigenvalue weighted by atomic mass is 10.2. The van der Waals surface area contributed by atoms with Gasteiger partial charge in [0.15, 0.2) is 5.69 Å². The van der Waals surface area contributed by atoms with Crippen molar-refractivity contribution in [1.29, 1.82) is 0 Å². The normalized spacial score (nSPS) is 10.0. The number of nitrogens with zero attached hydrogens (tertiary/aromatic N) is 2. The lowest BCUT2D eigenvalue weighted by Crippen LogP contribution is -2.11. The van der Waals surface area contributed by atoms with Crippen LogP contribution in [0, 0.1) is 11.8 Å². The predicted molar refractivity (Wildman–Crippen MR) is 94.5 cm³/mol. The van der Waals surface area contributed by atoms with Gasteiger partial charge in [-0.2, -0.15) is 0 Å². The van der Waals surface area contributed by atoms with Crippen molar-refractivity contribution in [1.82, 2.24) is 9.97 Å². The minimum atomic E-state index is -0.537. The fourth-order valence-corrected chi connectivity index (χ4v) is 2.30. The fraction of sp³-hybridized carbons (Fsp3) is 0.150. The Kier molecular flexibility index (Phi) is 4.91. The number of hydrogen-bond donors (Lipinski definition) is 0. The van der Waals surface area contributed by atoms with Crippen LogP contribution in [0.3, 0.4) is 0 Å². The number of esters is 1. The highest BCUT2D eigenvalue weighted by molar-refractivity contribution is 5.92. The number of fused-ring (bicyclic) bond motifs is 1. The first kappa shape index (κ1) is 16.5. The van der Waals surface area contributed by atoms with E-state index in [9.17, 15) is 4.79 Å². The van der Waals surface area contributed by atoms with E-state index < -0.39 is 5.97 Å². The molecule has 0 spiro atoms. The number of hydrogen-bond acceptors (Lipinski definition) is 5. The van der Waals surface area contributed by atoms with Gasteiger partial charge < -0.3 is 9.47 Å². The van der Waals surface area contributed by atoms with Crippen LogP contribution in [0.4, 0.5) is 0 Å². The third-order valence-electron chi connectivity index (χ3n) is 3.46. The lowest BCUT2D eigenvalue weighted by molar-refractivity contribution is 0.0519. The van der Waals surface area contributed by atoms with E-state index in [4.69, 9.17) is 9.47 Å². The van der Waals surface area contributed by atoms with E-state index in [2.05, 4.69) is 21.8 Å². The molecule has 0 amide bonds. The minimum absolute atomic E-state index is 0.114. The zero-order valence-corrected chi connectivity index (χ0v) is 13.9. The van der Waals surface area contributed by atoms with Crippen LogP contribution in [-0.4, -0.2) is 29.7 Å². The molecule has 1 aromatic heterocycles. The maximum absolute atomic E-state index is 12.2. The Hall–Kier alpha value is -3.39. The molecule has 3 rings (SSSR count). The summed E-state index contributed by atoms with van der Waals surface area (Å²) in [4.78, 5) is 21.1. The van der Waals surface area contributed by atoms with Crippen LogP contribution >= 0.6 is 0 Å². The number of carbonyl (C=O) groups excluding carboxylic acids is 1. The zero-order valence-electron chi connectivity index (χ0n) is 13.9. The maximum atomic E-state index is 12.2. The molecule has 0 radical (unpaired) electrons. The van der Waals surface area contributed by atoms with E-state index in [0.717, 1.165) is 0 Å². The van der Waals surface area contributed by atoms with Gasteiger partial charge in [0.1, 0.15) is 11.4 Å². The Morgan fingerprint density at radius 1 is 1.00 bits per heavy atom. The van der Waals surface area contributed by atoms with Crippen LogP contribution < -0.4 is 4.74 Å². The van der Waals surface area contributed by atoms with Crippen molar-refractivity contribution < 1.29 is 14.3 Å². The van der Waals surface area contributed by atoms with Gasteiger partial charge in [-0.1, -0.05) is 30.2 Å². The van der Waals surface area contributed by atoms with Crippen molar-refractivity contribution >= 4 is 17.0 Å². The van der Waals surface area contributed by atoms with Crippen molar-refractivity contribution in [3.05, 3.63) is 65.5 Å². The number of rotatable bonds is 3. The van der Waals surface area contributed by atoms with Gasteiger partial charge in [0, 0.05) is 0 Å². The highest BCUT2D eigenvalue weighted by atomic mass is 16.5. The maximum Gasteiger partial charge on any atom is 0.359 e. The van der Waals surface area contributed by atoms with Crippen LogP contribution in [-0.2, 0) is 4.74 Å². The molecule has 0 aliphatic rings. The molecule has 5 nitrogen and oxygen atoms in total. The highest BCUT2D eigenvalue weighted by Crippen LogP contribution is 2.17. The minimum Gasteiger partial charge on any atom is -0.495 e. The number of aromatic nitrogens is 2. The highest BCUT2D eigenvalue weighted by Gasteiger charge is 2.16. The Morgan fingerprint density at radius 3 is 2.40 bits per heavy atom. The van der Waals surface area contributed by atoms with Gasteiger partial charge in [0.2, 0.25) is 0 Å². The van der Waals surface area contributed by atoms with Gasteiger partial charge in [-0.15, -0.1) is 0 Å². The van der Waals surface area contributed by atoms with E-state index in [1.54, 1.807) is 20.1 Å². The van der Waals surface area contributed by atoms with Gasteiger partial charge in [0.25, 0.3) is 0 Å². The number of benzene rings is 2. The first-order valence-corrected chi connectivity index (χ1v) is 7.82. The first-order valence-electron chi connectivity index (χ1n) is 7.82. The molecule has 0 saturated heterocycles. The second-order valence-electron chi connectivity index (χ2n) is 5.08. The average molecular weight is 332 g/mol. The molecule has 3 aromatic rings. The van der Waals surface area contributed by atoms with Gasteiger partial charge in [-0.25, -0.2) is 14.8 Å². The standard InChI is InChI=1S/C20H16N2O3/c1-3-25-20(23)19-17(21-15-9-5-6-10-16(15)22-19)13-12-14-8-4-7-11-18(14)24-2/h4-11H,3H2,1-2H3. The van der Waals surface area contributed by atoms with E-state index in [-0.39, 0.29) is 18.0 Å². The molecule has 1 heterocycles. The summed E-state index contributed by atoms with van der Waals surface area (Å²) in [5.41, 5.74) is 2.38. The molecule has 0 saturated carbocycles. The molecule has 0 fully saturated rings. The van der Waals surface area contributed by atoms with E-state index in [0.29, 0.717) is 22.3 Å². The molecule has 25 heavy (non-hydrogen) atoms. The van der Waals surface area contributed by atoms with Crippen molar-refractivity contribution in [3.8, 4) is 17.6 Å². The van der Waals surface area contributed by atoms with Gasteiger partial charge in [0.05, 0.1) is 30.3 Å². The molecule has 0 N–H and O–H groups in total. The summed E-state index contributed by atoms with van der Waals surface area (Å²) in [5.74, 6) is 6.05. The summed E-state index contributed by atoms with van der Waals surface area (Å²) >= 11 is 0. The van der Waals surface area contributed by atoms with Crippen LogP contribution in [0.1, 0.15) is 28.7 Å². The van der Waals surface area contributed by atoms with Crippen LogP contribution in [0.25, 0.3) is 11.0 Å². The van der Waals surface area contributed by atoms with Crippen molar-refractivity contribution in [2.45, 2.75) is 6.92 Å². The Bertz CT molecular complexity index is 987. The quantitative estimate of drug-likeness (QED) is 0.544. The summed E-state index contributed by atoms with van der Waals surface area (Å²) in [7, 11) is 1.58. The third kappa shape index (κ3) is 3.59. The van der Waals surface area contributed by atoms with E-state index >= 15 is 0 Å². The Labute approximate surface area is 145 Å². The van der Waals surface area contributed by atoms with Gasteiger partial charge in [-0.3, -0.25) is 0 Å². The topological polar surface area (TPSA) is 61.3 Å². The smallest absolute Gasteiger partial charge is 0.359 e. The summed E-state index contributed by atoms with van der Waals surface area (Å²) in [6, 6.07) is 14.7. The number of para-hydroxylation sites is 3. The second kappa shape index (κ2) is 7.45. The Balaban J connectivity index is 2.12. The summed E-state index contributed by atoms with van der Waals surface area (Å²) in [6.07, 6.45) is 0. The van der Waals surface area contributed by atoms with Crippen molar-refractivity contribution in [3.63, 3.8) is 0 Å². The summed E-state index contributed by atoms with van der Waals surface area (Å²) in [6.45, 7) is 2.00. The molecule has 124 valence electrons. The molecule has 0 unspecified atom stereocenters. The van der Waals surface area contributed by atoms with Gasteiger partial charge in [-0.05, 0) is 37.1 Å². The lowest BCUT2D eigenvalue weighted by Gasteiger charge is -2.05. The SMILES string of the molecule is CCOC(=O)c1nc2ccccc2nc1C#Cc1ccccc1OC. The van der Waals surface area contributed by atoms with Crippen LogP contribution in [0.15, 0.2) is 48.5 Å². The third-order valence-corrected chi connectivity index (χ3v) is 3.46. The average Bonchev–Trinajstić information content (AvgIpc) is 2.66. The van der Waals surface area contributed by atoms with Crippen molar-refractivity contribution in [2.24, 2.45) is 0 Å². The number of methoxy groups -OCH3 is 1. The summed E-state index contributed by atoms with van der Waals surface area (Å²) in [5, 5.41) is 0. The molecule has 0 aliphatic heterocycles. The molecule has 0 atom stereocenters. The molecular formula is C20H16N2O3. The van der Waals surface area contributed by atoms with E-state index in [1.807, 2.05) is 42.5 Å². The first-order chi connectivity index (χ1) is 12.2. The molecule has 5 heteroatoms. The predicted octanol–water partition coefficient (Wildman–Crippen LogP) is 3.21.